The zero-order valence-corrected chi connectivity index (χ0v) is 21.0. The first-order chi connectivity index (χ1) is 16.9. The van der Waals surface area contributed by atoms with Crippen molar-refractivity contribution in [3.63, 3.8) is 0 Å². The molecule has 4 saturated carbocycles. The highest BCUT2D eigenvalue weighted by molar-refractivity contribution is 6.21. The van der Waals surface area contributed by atoms with E-state index in [1.54, 1.807) is 0 Å². The van der Waals surface area contributed by atoms with Crippen LogP contribution in [0.3, 0.4) is 0 Å². The number of piperidine rings is 1. The molecule has 0 aromatic carbocycles. The lowest BCUT2D eigenvalue weighted by atomic mass is 9.55. The molecule has 4 N–H and O–H groups in total. The molecule has 5 fully saturated rings. The topological polar surface area (TPSA) is 99.7 Å². The molecule has 206 valence electrons. The SMILES string of the molecule is O=C(COC1CCC(Cl)C(F)C1)NC12CCC(C(=O)NCC3CCC(C(F)(F)F)CN3)(CC1)[C@@H](O)C2. The number of nitrogens with one attached hydrogen (secondary N) is 3. The van der Waals surface area contributed by atoms with Gasteiger partial charge in [0.2, 0.25) is 11.8 Å². The van der Waals surface area contributed by atoms with E-state index in [4.69, 9.17) is 16.3 Å². The second-order valence-electron chi connectivity index (χ2n) is 11.1. The first-order valence-corrected chi connectivity index (χ1v) is 13.3. The highest BCUT2D eigenvalue weighted by Crippen LogP contribution is 2.52. The number of aliphatic hydroxyl groups is 1. The largest absolute Gasteiger partial charge is 0.393 e. The van der Waals surface area contributed by atoms with Crippen LogP contribution in [0.5, 0.6) is 0 Å². The van der Waals surface area contributed by atoms with Gasteiger partial charge in [0, 0.05) is 31.1 Å². The van der Waals surface area contributed by atoms with Gasteiger partial charge in [-0.25, -0.2) is 4.39 Å². The van der Waals surface area contributed by atoms with Crippen LogP contribution in [-0.2, 0) is 14.3 Å². The number of aliphatic hydroxyl groups excluding tert-OH is 1. The molecule has 0 aromatic heterocycles. The van der Waals surface area contributed by atoms with E-state index < -0.39 is 40.7 Å². The zero-order chi connectivity index (χ0) is 26.1. The average Bonchev–Trinajstić information content (AvgIpc) is 2.83. The van der Waals surface area contributed by atoms with E-state index in [1.165, 1.54) is 0 Å². The van der Waals surface area contributed by atoms with Crippen molar-refractivity contribution >= 4 is 23.4 Å². The Hall–Kier alpha value is -1.17. The third kappa shape index (κ3) is 6.10. The molecule has 7 nitrogen and oxygen atoms in total. The number of fused-ring (bicyclic) bond motifs is 3. The van der Waals surface area contributed by atoms with Gasteiger partial charge in [0.25, 0.3) is 0 Å². The summed E-state index contributed by atoms with van der Waals surface area (Å²) in [5, 5.41) is 19.1. The van der Waals surface area contributed by atoms with Crippen LogP contribution in [0.15, 0.2) is 0 Å². The average molecular weight is 542 g/mol. The van der Waals surface area contributed by atoms with Gasteiger partial charge in [-0.3, -0.25) is 9.59 Å². The van der Waals surface area contributed by atoms with Crippen LogP contribution >= 0.6 is 11.6 Å². The van der Waals surface area contributed by atoms with Gasteiger partial charge in [0.1, 0.15) is 12.8 Å². The quantitative estimate of drug-likeness (QED) is 0.293. The maximum atomic E-state index is 13.8. The number of ether oxygens (including phenoxy) is 1. The summed E-state index contributed by atoms with van der Waals surface area (Å²) in [6, 6.07) is -0.237. The minimum Gasteiger partial charge on any atom is -0.392 e. The molecule has 1 saturated heterocycles. The predicted molar refractivity (Wildman–Crippen MR) is 124 cm³/mol. The van der Waals surface area contributed by atoms with Crippen LogP contribution in [0.1, 0.15) is 64.2 Å². The van der Waals surface area contributed by atoms with Crippen molar-refractivity contribution in [2.24, 2.45) is 11.3 Å². The standard InChI is InChI=1S/C24H36ClF4N3O4/c25-17-4-3-16(9-18(17)26)36-13-20(34)32-22-5-7-23(8-6-22,19(33)10-22)21(35)31-12-15-2-1-14(11-30-15)24(27,28)29/h14-19,30,33H,1-13H2,(H,31,35)(H,32,34)/t14?,15?,16?,17?,18?,19-,22?,23?/m0/s1. The maximum Gasteiger partial charge on any atom is 0.393 e. The van der Waals surface area contributed by atoms with Gasteiger partial charge in [0.05, 0.1) is 28.9 Å². The van der Waals surface area contributed by atoms with Crippen molar-refractivity contribution in [2.75, 3.05) is 19.7 Å². The predicted octanol–water partition coefficient (Wildman–Crippen LogP) is 2.73. The van der Waals surface area contributed by atoms with E-state index in [-0.39, 0.29) is 62.9 Å². The van der Waals surface area contributed by atoms with Gasteiger partial charge >= 0.3 is 6.18 Å². The van der Waals surface area contributed by atoms with Crippen molar-refractivity contribution in [1.29, 1.82) is 0 Å². The van der Waals surface area contributed by atoms with Crippen molar-refractivity contribution in [3.8, 4) is 0 Å². The lowest BCUT2D eigenvalue weighted by Gasteiger charge is -2.55. The van der Waals surface area contributed by atoms with Crippen molar-refractivity contribution < 1.29 is 37.0 Å². The monoisotopic (exact) mass is 541 g/mol. The molecule has 0 aromatic rings. The fraction of sp³-hybridized carbons (Fsp3) is 0.917. The van der Waals surface area contributed by atoms with Gasteiger partial charge in [-0.15, -0.1) is 11.6 Å². The molecule has 6 atom stereocenters. The molecule has 5 rings (SSSR count). The smallest absolute Gasteiger partial charge is 0.392 e. The van der Waals surface area contributed by atoms with Gasteiger partial charge in [0.15, 0.2) is 0 Å². The van der Waals surface area contributed by atoms with Crippen molar-refractivity contribution in [1.82, 2.24) is 16.0 Å². The second kappa shape index (κ2) is 10.9. The Morgan fingerprint density at radius 1 is 1.11 bits per heavy atom. The first kappa shape index (κ1) is 27.9. The lowest BCUT2D eigenvalue weighted by Crippen LogP contribution is -2.66. The number of carbonyl (C=O) groups is 2. The molecule has 1 heterocycles. The zero-order valence-electron chi connectivity index (χ0n) is 20.2. The van der Waals surface area contributed by atoms with Gasteiger partial charge in [-0.05, 0) is 57.8 Å². The molecule has 5 aliphatic rings. The second-order valence-corrected chi connectivity index (χ2v) is 11.7. The maximum absolute atomic E-state index is 13.8. The van der Waals surface area contributed by atoms with E-state index in [0.717, 1.165) is 0 Å². The Balaban J connectivity index is 1.22. The van der Waals surface area contributed by atoms with Crippen LogP contribution in [-0.4, -0.2) is 78.1 Å². The number of hydrogen-bond donors (Lipinski definition) is 4. The number of rotatable bonds is 7. The first-order valence-electron chi connectivity index (χ1n) is 12.9. The van der Waals surface area contributed by atoms with E-state index in [1.807, 2.05) is 0 Å². The van der Waals surface area contributed by atoms with E-state index in [9.17, 15) is 32.3 Å². The van der Waals surface area contributed by atoms with Gasteiger partial charge in [-0.1, -0.05) is 0 Å². The van der Waals surface area contributed by atoms with Crippen LogP contribution < -0.4 is 16.0 Å². The number of alkyl halides is 5. The summed E-state index contributed by atoms with van der Waals surface area (Å²) < 4.78 is 57.9. The molecule has 4 aliphatic carbocycles. The normalized spacial score (nSPS) is 41.1. The molecule has 5 unspecified atom stereocenters. The summed E-state index contributed by atoms with van der Waals surface area (Å²) in [5.74, 6) is -1.98. The fourth-order valence-electron chi connectivity index (χ4n) is 6.31. The fourth-order valence-corrected chi connectivity index (χ4v) is 6.54. The van der Waals surface area contributed by atoms with E-state index >= 15 is 0 Å². The summed E-state index contributed by atoms with van der Waals surface area (Å²) in [6.45, 7) is -0.147. The molecular formula is C24H36ClF4N3O4. The van der Waals surface area contributed by atoms with E-state index in [2.05, 4.69) is 16.0 Å². The van der Waals surface area contributed by atoms with Crippen LogP contribution in [0.2, 0.25) is 0 Å². The number of hydrogen-bond acceptors (Lipinski definition) is 5. The Morgan fingerprint density at radius 3 is 2.42 bits per heavy atom. The summed E-state index contributed by atoms with van der Waals surface area (Å²) in [4.78, 5) is 25.6. The summed E-state index contributed by atoms with van der Waals surface area (Å²) in [7, 11) is 0. The van der Waals surface area contributed by atoms with Gasteiger partial charge in [-0.2, -0.15) is 13.2 Å². The van der Waals surface area contributed by atoms with Crippen molar-refractivity contribution in [3.05, 3.63) is 0 Å². The molecule has 0 spiro atoms. The molecule has 1 aliphatic heterocycles. The third-order valence-corrected chi connectivity index (χ3v) is 9.25. The highest BCUT2D eigenvalue weighted by Gasteiger charge is 2.58. The minimum atomic E-state index is -4.22. The Bertz CT molecular complexity index is 801. The molecule has 36 heavy (non-hydrogen) atoms. The molecule has 2 amide bonds. The summed E-state index contributed by atoms with van der Waals surface area (Å²) in [6.07, 6.45) is -2.95. The van der Waals surface area contributed by atoms with Gasteiger partial charge < -0.3 is 25.8 Å². The molecule has 2 bridgehead atoms. The summed E-state index contributed by atoms with van der Waals surface area (Å²) >= 11 is 5.89. The minimum absolute atomic E-state index is 0.0269. The number of halogens is 5. The number of amides is 2. The highest BCUT2D eigenvalue weighted by atomic mass is 35.5. The summed E-state index contributed by atoms with van der Waals surface area (Å²) in [5.41, 5.74) is -1.57. The van der Waals surface area contributed by atoms with E-state index in [0.29, 0.717) is 44.9 Å². The van der Waals surface area contributed by atoms with Crippen molar-refractivity contribution in [2.45, 2.75) is 106 Å². The van der Waals surface area contributed by atoms with Crippen LogP contribution in [0, 0.1) is 11.3 Å². The molecule has 12 heteroatoms. The third-order valence-electron chi connectivity index (χ3n) is 8.76. The Labute approximate surface area is 213 Å². The number of carbonyl (C=O) groups excluding carboxylic acids is 2. The Morgan fingerprint density at radius 2 is 1.83 bits per heavy atom. The lowest BCUT2D eigenvalue weighted by molar-refractivity contribution is -0.179. The Kier molecular flexibility index (Phi) is 8.44. The van der Waals surface area contributed by atoms with Crippen LogP contribution in [0.25, 0.3) is 0 Å². The molecular weight excluding hydrogens is 506 g/mol. The molecule has 0 radical (unpaired) electrons. The van der Waals surface area contributed by atoms with Crippen LogP contribution in [0.4, 0.5) is 17.6 Å².